The van der Waals surface area contributed by atoms with E-state index in [4.69, 9.17) is 23.9 Å². The van der Waals surface area contributed by atoms with Crippen LogP contribution in [0.2, 0.25) is 0 Å². The molecule has 3 aliphatic heterocycles. The molecule has 250 valence electrons. The molecule has 47 heavy (non-hydrogen) atoms. The molecule has 3 aromatic rings. The van der Waals surface area contributed by atoms with Crippen molar-refractivity contribution in [2.45, 2.75) is 91.3 Å². The van der Waals surface area contributed by atoms with Gasteiger partial charge in [-0.3, -0.25) is 14.5 Å². The monoisotopic (exact) mass is 648 g/mol. The van der Waals surface area contributed by atoms with Crippen LogP contribution in [0, 0.1) is 5.92 Å². The molecule has 6 rings (SSSR count). The highest BCUT2D eigenvalue weighted by Gasteiger charge is 2.45. The molecule has 2 aromatic heterocycles. The summed E-state index contributed by atoms with van der Waals surface area (Å²) in [5.74, 6) is -0.0180. The van der Waals surface area contributed by atoms with Gasteiger partial charge in [0.25, 0.3) is 5.56 Å². The number of hydrogen-bond acceptors (Lipinski definition) is 10. The van der Waals surface area contributed by atoms with Crippen molar-refractivity contribution in [3.05, 3.63) is 50.8 Å². The highest BCUT2D eigenvalue weighted by atomic mass is 16.7. The summed E-state index contributed by atoms with van der Waals surface area (Å²) < 4.78 is 23.6. The van der Waals surface area contributed by atoms with Gasteiger partial charge in [0, 0.05) is 36.2 Å². The molecule has 0 saturated carbocycles. The van der Waals surface area contributed by atoms with Crippen molar-refractivity contribution < 1.29 is 38.4 Å². The van der Waals surface area contributed by atoms with Gasteiger partial charge in [0.1, 0.15) is 18.2 Å². The maximum atomic E-state index is 13.8. The highest BCUT2D eigenvalue weighted by molar-refractivity contribution is 5.92. The van der Waals surface area contributed by atoms with Gasteiger partial charge < -0.3 is 33.9 Å². The number of nitrogens with one attached hydrogen (secondary N) is 1. The number of hydrogen-bond donors (Lipinski definition) is 2. The van der Waals surface area contributed by atoms with Gasteiger partial charge in [-0.2, -0.15) is 0 Å². The molecule has 2 amide bonds. The van der Waals surface area contributed by atoms with Crippen molar-refractivity contribution in [3.8, 4) is 22.9 Å². The molecule has 0 radical (unpaired) electrons. The molecule has 0 saturated heterocycles. The van der Waals surface area contributed by atoms with E-state index in [-0.39, 0.29) is 61.4 Å². The van der Waals surface area contributed by atoms with Gasteiger partial charge in [-0.1, -0.05) is 20.8 Å². The molecular formula is C34H40N4O9. The molecule has 3 aliphatic rings. The van der Waals surface area contributed by atoms with E-state index in [2.05, 4.69) is 5.32 Å². The van der Waals surface area contributed by atoms with E-state index in [1.165, 1.54) is 4.90 Å². The van der Waals surface area contributed by atoms with Gasteiger partial charge in [-0.15, -0.1) is 0 Å². The van der Waals surface area contributed by atoms with Gasteiger partial charge in [0.15, 0.2) is 17.1 Å². The molecule has 0 spiro atoms. The summed E-state index contributed by atoms with van der Waals surface area (Å²) >= 11 is 0. The minimum atomic E-state index is -1.96. The number of likely N-dealkylation sites (N-methyl/N-ethyl adjacent to an activating group) is 1. The lowest BCUT2D eigenvalue weighted by atomic mass is 9.86. The van der Waals surface area contributed by atoms with Crippen LogP contribution >= 0.6 is 0 Å². The standard InChI is InChI=1S/C34H40N4O9/c1-8-34(43)22-11-24-28-20(14-38(24)30(40)21(22)15-44-31(34)41)19(18-10-26-27(46-16-45-26)12-23(18)36-28)13-35-29(39)25(9-17(2)3)37(7)32(42)47-33(4,5)6/h10-12,17,25,43H,8-9,13-16H2,1-7H3,(H,35,39)/t25-,34-/m0/s1. The quantitative estimate of drug-likeness (QED) is 0.283. The number of amides is 2. The Morgan fingerprint density at radius 1 is 1.13 bits per heavy atom. The first kappa shape index (κ1) is 32.3. The van der Waals surface area contributed by atoms with E-state index in [0.29, 0.717) is 51.3 Å². The lowest BCUT2D eigenvalue weighted by Gasteiger charge is -2.31. The van der Waals surface area contributed by atoms with E-state index in [1.54, 1.807) is 51.4 Å². The largest absolute Gasteiger partial charge is 0.458 e. The number of pyridine rings is 2. The molecule has 2 N–H and O–H groups in total. The minimum Gasteiger partial charge on any atom is -0.458 e. The van der Waals surface area contributed by atoms with Crippen molar-refractivity contribution in [2.24, 2.45) is 5.92 Å². The second-order valence-electron chi connectivity index (χ2n) is 13.7. The van der Waals surface area contributed by atoms with Crippen LogP contribution in [0.5, 0.6) is 11.5 Å². The molecule has 5 heterocycles. The number of benzene rings is 1. The van der Waals surface area contributed by atoms with Crippen molar-refractivity contribution in [1.29, 1.82) is 0 Å². The summed E-state index contributed by atoms with van der Waals surface area (Å²) in [5, 5.41) is 15.0. The molecule has 1 aromatic carbocycles. The third-order valence-corrected chi connectivity index (χ3v) is 8.89. The zero-order chi connectivity index (χ0) is 34.0. The maximum Gasteiger partial charge on any atom is 0.410 e. The Hall–Kier alpha value is -4.65. The fourth-order valence-corrected chi connectivity index (χ4v) is 6.40. The lowest BCUT2D eigenvalue weighted by molar-refractivity contribution is -0.172. The van der Waals surface area contributed by atoms with E-state index < -0.39 is 29.3 Å². The number of aromatic nitrogens is 2. The maximum absolute atomic E-state index is 13.8. The zero-order valence-electron chi connectivity index (χ0n) is 27.7. The lowest BCUT2D eigenvalue weighted by Crippen LogP contribution is -2.49. The van der Waals surface area contributed by atoms with Crippen LogP contribution in [0.3, 0.4) is 0 Å². The van der Waals surface area contributed by atoms with Gasteiger partial charge >= 0.3 is 12.1 Å². The van der Waals surface area contributed by atoms with E-state index >= 15 is 0 Å². The van der Waals surface area contributed by atoms with E-state index in [1.807, 2.05) is 19.9 Å². The molecule has 13 nitrogen and oxygen atoms in total. The second kappa shape index (κ2) is 11.5. The molecule has 2 atom stereocenters. The third-order valence-electron chi connectivity index (χ3n) is 8.89. The number of rotatable bonds is 7. The highest BCUT2D eigenvalue weighted by Crippen LogP contribution is 2.43. The number of esters is 1. The van der Waals surface area contributed by atoms with Crippen LogP contribution < -0.4 is 20.3 Å². The van der Waals surface area contributed by atoms with Crippen LogP contribution in [0.15, 0.2) is 23.0 Å². The fraction of sp³-hybridized carbons (Fsp3) is 0.500. The number of ether oxygens (including phenoxy) is 4. The second-order valence-corrected chi connectivity index (χ2v) is 13.7. The Morgan fingerprint density at radius 2 is 1.83 bits per heavy atom. The first-order chi connectivity index (χ1) is 22.1. The Morgan fingerprint density at radius 3 is 2.49 bits per heavy atom. The Kier molecular flexibility index (Phi) is 7.94. The van der Waals surface area contributed by atoms with Gasteiger partial charge in [-0.05, 0) is 57.2 Å². The average molecular weight is 649 g/mol. The Labute approximate surface area is 271 Å². The molecule has 0 unspecified atom stereocenters. The first-order valence-electron chi connectivity index (χ1n) is 15.8. The summed E-state index contributed by atoms with van der Waals surface area (Å²) in [6, 6.07) is 4.40. The number of carbonyl (C=O) groups excluding carboxylic acids is 3. The number of aliphatic hydroxyl groups is 1. The van der Waals surface area contributed by atoms with Crippen molar-refractivity contribution >= 4 is 28.9 Å². The zero-order valence-corrected chi connectivity index (χ0v) is 27.7. The predicted octanol–water partition coefficient (Wildman–Crippen LogP) is 3.71. The van der Waals surface area contributed by atoms with Crippen LogP contribution in [0.1, 0.15) is 76.6 Å². The SMILES string of the molecule is CC[C@@]1(O)C(=O)OCc2c1cc1n(c2=O)Cc2c-1nc1cc3c(cc1c2CNC(=O)[C@H](CC(C)C)N(C)C(=O)OC(C)(C)C)OCO3. The van der Waals surface area contributed by atoms with E-state index in [0.717, 1.165) is 0 Å². The normalized spacial score (nSPS) is 18.4. The summed E-state index contributed by atoms with van der Waals surface area (Å²) in [5.41, 5.74) is 0.231. The Balaban J connectivity index is 1.43. The number of carbonyl (C=O) groups is 3. The van der Waals surface area contributed by atoms with Crippen LogP contribution in [0.4, 0.5) is 4.79 Å². The van der Waals surface area contributed by atoms with Crippen LogP contribution in [-0.4, -0.2) is 63.0 Å². The van der Waals surface area contributed by atoms with Gasteiger partial charge in [-0.25, -0.2) is 14.6 Å². The summed E-state index contributed by atoms with van der Waals surface area (Å²) in [6.45, 7) is 10.9. The molecular weight excluding hydrogens is 608 g/mol. The molecule has 13 heteroatoms. The van der Waals surface area contributed by atoms with Crippen molar-refractivity contribution in [1.82, 2.24) is 19.8 Å². The smallest absolute Gasteiger partial charge is 0.410 e. The predicted molar refractivity (Wildman–Crippen MR) is 170 cm³/mol. The summed E-state index contributed by atoms with van der Waals surface area (Å²) in [7, 11) is 1.55. The van der Waals surface area contributed by atoms with Crippen molar-refractivity contribution in [3.63, 3.8) is 0 Å². The average Bonchev–Trinajstić information content (AvgIpc) is 3.62. The fourth-order valence-electron chi connectivity index (χ4n) is 6.40. The van der Waals surface area contributed by atoms with Gasteiger partial charge in [0.2, 0.25) is 12.7 Å². The number of cyclic esters (lactones) is 1. The third kappa shape index (κ3) is 5.56. The van der Waals surface area contributed by atoms with Crippen molar-refractivity contribution in [2.75, 3.05) is 13.8 Å². The summed E-state index contributed by atoms with van der Waals surface area (Å²) in [4.78, 5) is 59.5. The van der Waals surface area contributed by atoms with E-state index in [9.17, 15) is 24.3 Å². The Bertz CT molecular complexity index is 1880. The molecule has 0 fully saturated rings. The first-order valence-corrected chi connectivity index (χ1v) is 15.8. The summed E-state index contributed by atoms with van der Waals surface area (Å²) in [6.07, 6.45) is -0.173. The van der Waals surface area contributed by atoms with Crippen LogP contribution in [-0.2, 0) is 44.4 Å². The molecule has 0 bridgehead atoms. The van der Waals surface area contributed by atoms with Gasteiger partial charge in [0.05, 0.1) is 29.0 Å². The minimum absolute atomic E-state index is 0.0236. The number of fused-ring (bicyclic) bond motifs is 6. The molecule has 0 aliphatic carbocycles. The number of nitrogens with zero attached hydrogens (tertiary/aromatic N) is 3. The topological polar surface area (TPSA) is 159 Å². The van der Waals surface area contributed by atoms with Crippen LogP contribution in [0.25, 0.3) is 22.3 Å².